The Bertz CT molecular complexity index is 1280. The Balaban J connectivity index is 1.59. The molecule has 0 aliphatic carbocycles. The van der Waals surface area contributed by atoms with Crippen LogP contribution in [0.3, 0.4) is 0 Å². The number of carbonyl (C=O) groups is 4. The Morgan fingerprint density at radius 1 is 1.09 bits per heavy atom. The van der Waals surface area contributed by atoms with Crippen molar-refractivity contribution < 1.29 is 33.8 Å². The minimum atomic E-state index is -1.36. The Hall–Kier alpha value is -3.50. The first kappa shape index (κ1) is 31.9. The van der Waals surface area contributed by atoms with E-state index in [2.05, 4.69) is 5.32 Å². The summed E-state index contributed by atoms with van der Waals surface area (Å²) in [5.41, 5.74) is -0.647. The fourth-order valence-electron chi connectivity index (χ4n) is 7.08. The molecule has 5 rings (SSSR count). The number of allylic oxidation sites excluding steroid dienone is 1. The van der Waals surface area contributed by atoms with Crippen molar-refractivity contribution in [1.82, 2.24) is 15.1 Å². The van der Waals surface area contributed by atoms with Crippen molar-refractivity contribution in [3.8, 4) is 0 Å². The first-order valence-corrected chi connectivity index (χ1v) is 16.0. The van der Waals surface area contributed by atoms with Crippen LogP contribution in [0.5, 0.6) is 0 Å². The van der Waals surface area contributed by atoms with E-state index in [-0.39, 0.29) is 43.2 Å². The van der Waals surface area contributed by atoms with Crippen LogP contribution in [0, 0.1) is 17.8 Å². The van der Waals surface area contributed by atoms with Crippen molar-refractivity contribution >= 4 is 23.7 Å². The van der Waals surface area contributed by atoms with Gasteiger partial charge in [0.2, 0.25) is 17.7 Å². The van der Waals surface area contributed by atoms with E-state index in [1.807, 2.05) is 63.3 Å². The van der Waals surface area contributed by atoms with Gasteiger partial charge in [-0.25, -0.2) is 0 Å². The second-order valence-corrected chi connectivity index (χ2v) is 12.4. The fourth-order valence-corrected chi connectivity index (χ4v) is 7.08. The van der Waals surface area contributed by atoms with E-state index in [9.17, 15) is 24.3 Å². The molecular formula is C34H45N3O7. The van der Waals surface area contributed by atoms with Crippen molar-refractivity contribution in [1.29, 1.82) is 0 Å². The molecular weight excluding hydrogens is 562 g/mol. The molecule has 1 spiro atoms. The number of aliphatic hydroxyl groups excluding tert-OH is 1. The van der Waals surface area contributed by atoms with E-state index >= 15 is 0 Å². The number of unbranched alkanes of at least 4 members (excludes halogenated alkanes) is 1. The number of benzene rings is 1. The molecule has 2 fully saturated rings. The zero-order chi connectivity index (χ0) is 31.4. The number of esters is 1. The largest absolute Gasteiger partial charge is 0.455 e. The van der Waals surface area contributed by atoms with Crippen molar-refractivity contribution in [2.75, 3.05) is 26.2 Å². The molecule has 0 unspecified atom stereocenters. The minimum Gasteiger partial charge on any atom is -0.455 e. The molecule has 1 aromatic carbocycles. The number of likely N-dealkylation sites (tertiary alicyclic amines) is 1. The maximum absolute atomic E-state index is 14.6. The quantitative estimate of drug-likeness (QED) is 0.344. The summed E-state index contributed by atoms with van der Waals surface area (Å²) in [6.45, 7) is 6.53. The molecule has 0 radical (unpaired) electrons. The molecule has 44 heavy (non-hydrogen) atoms. The van der Waals surface area contributed by atoms with E-state index in [0.717, 1.165) is 12.8 Å². The standard InChI is InChI=1S/C34H45N3O7/c1-4-6-18-36-19-12-8-11-15-27(39)35-20-26(23-13-9-7-10-14-23)43-33(42)28-25-16-17-34(44-25)29(28)31(40)37(30(34)32(36)41)24(21-38)22(3)5-2/h7-10,12-14,16-17,22,24-26,28-30,38H,4-6,11,15,18-21H2,1-3H3,(H,35,39)/b12-8-/t22-,24-,25-,26-,28+,29+,30-,34+/m0/s1. The zero-order valence-electron chi connectivity index (χ0n) is 25.9. The smallest absolute Gasteiger partial charge is 0.313 e. The van der Waals surface area contributed by atoms with Crippen LogP contribution in [0.25, 0.3) is 0 Å². The molecule has 8 atom stereocenters. The Kier molecular flexibility index (Phi) is 9.90. The minimum absolute atomic E-state index is 0.0781. The molecule has 2 N–H and O–H groups in total. The normalized spacial score (nSPS) is 32.8. The lowest BCUT2D eigenvalue weighted by molar-refractivity contribution is -0.160. The van der Waals surface area contributed by atoms with Crippen molar-refractivity contribution in [3.63, 3.8) is 0 Å². The number of hydrogen-bond donors (Lipinski definition) is 2. The highest BCUT2D eigenvalue weighted by Gasteiger charge is 2.74. The average molecular weight is 608 g/mol. The lowest BCUT2D eigenvalue weighted by Crippen LogP contribution is -2.59. The highest BCUT2D eigenvalue weighted by atomic mass is 16.6. The van der Waals surface area contributed by atoms with Crippen LogP contribution in [-0.2, 0) is 28.7 Å². The van der Waals surface area contributed by atoms with Gasteiger partial charge in [-0.2, -0.15) is 0 Å². The van der Waals surface area contributed by atoms with Crippen molar-refractivity contribution in [2.45, 2.75) is 82.8 Å². The molecule has 238 valence electrons. The van der Waals surface area contributed by atoms with Gasteiger partial charge in [-0.3, -0.25) is 19.2 Å². The van der Waals surface area contributed by atoms with Gasteiger partial charge in [-0.15, -0.1) is 0 Å². The van der Waals surface area contributed by atoms with Gasteiger partial charge in [-0.1, -0.05) is 88.2 Å². The lowest BCUT2D eigenvalue weighted by atomic mass is 9.74. The number of cyclic esters (lactones) is 1. The Morgan fingerprint density at radius 3 is 2.57 bits per heavy atom. The van der Waals surface area contributed by atoms with Gasteiger partial charge in [0.05, 0.1) is 31.2 Å². The van der Waals surface area contributed by atoms with Gasteiger partial charge in [0.25, 0.3) is 0 Å². The molecule has 2 saturated heterocycles. The topological polar surface area (TPSA) is 125 Å². The van der Waals surface area contributed by atoms with Gasteiger partial charge < -0.3 is 29.7 Å². The number of nitrogens with zero attached hydrogens (tertiary/aromatic N) is 2. The maximum atomic E-state index is 14.6. The number of carbonyl (C=O) groups excluding carboxylic acids is 4. The number of nitrogens with one attached hydrogen (secondary N) is 1. The van der Waals surface area contributed by atoms with Crippen molar-refractivity contribution in [3.05, 3.63) is 60.2 Å². The van der Waals surface area contributed by atoms with Crippen LogP contribution in [0.4, 0.5) is 0 Å². The summed E-state index contributed by atoms with van der Waals surface area (Å²) in [6, 6.07) is 7.50. The lowest BCUT2D eigenvalue weighted by Gasteiger charge is -2.40. The van der Waals surface area contributed by atoms with E-state index < -0.39 is 47.7 Å². The fraction of sp³-hybridized carbons (Fsp3) is 0.588. The SMILES string of the molecule is CCCCN1C/C=C\CCC(=O)NC[C@@H](c2ccccc2)OC(=O)[C@@H]2[C@@H]3C=C[C@]4(O3)[C@H](C1=O)N([C@@H](CO)[C@@H](C)CC)C(=O)[C@@H]24. The summed E-state index contributed by atoms with van der Waals surface area (Å²) >= 11 is 0. The van der Waals surface area contributed by atoms with Crippen LogP contribution in [0.1, 0.15) is 64.5 Å². The van der Waals surface area contributed by atoms with Gasteiger partial charge in [-0.05, 0) is 24.3 Å². The molecule has 4 aliphatic rings. The molecule has 0 saturated carbocycles. The maximum Gasteiger partial charge on any atom is 0.313 e. The monoisotopic (exact) mass is 607 g/mol. The second kappa shape index (κ2) is 13.6. The number of rotatable bonds is 8. The van der Waals surface area contributed by atoms with Crippen LogP contribution in [0.15, 0.2) is 54.6 Å². The van der Waals surface area contributed by atoms with Crippen LogP contribution in [-0.4, -0.2) is 88.6 Å². The summed E-state index contributed by atoms with van der Waals surface area (Å²) in [5, 5.41) is 13.5. The van der Waals surface area contributed by atoms with E-state index in [4.69, 9.17) is 9.47 Å². The summed E-state index contributed by atoms with van der Waals surface area (Å²) in [7, 11) is 0. The third kappa shape index (κ3) is 5.81. The number of amides is 3. The predicted molar refractivity (Wildman–Crippen MR) is 163 cm³/mol. The molecule has 1 aromatic rings. The summed E-state index contributed by atoms with van der Waals surface area (Å²) < 4.78 is 12.6. The van der Waals surface area contributed by atoms with Gasteiger partial charge in [0, 0.05) is 19.5 Å². The van der Waals surface area contributed by atoms with Gasteiger partial charge in [0.1, 0.15) is 23.7 Å². The summed E-state index contributed by atoms with van der Waals surface area (Å²) in [6.07, 6.45) is 8.86. The highest BCUT2D eigenvalue weighted by Crippen LogP contribution is 2.56. The summed E-state index contributed by atoms with van der Waals surface area (Å²) in [5.74, 6) is -3.52. The molecule has 5 bridgehead atoms. The molecule has 4 aliphatic heterocycles. The zero-order valence-corrected chi connectivity index (χ0v) is 25.9. The number of hydrogen-bond acceptors (Lipinski definition) is 7. The average Bonchev–Trinajstić information content (AvgIpc) is 3.68. The number of aliphatic hydroxyl groups is 1. The molecule has 0 aromatic heterocycles. The van der Waals surface area contributed by atoms with Crippen LogP contribution < -0.4 is 5.32 Å². The first-order chi connectivity index (χ1) is 21.3. The van der Waals surface area contributed by atoms with E-state index in [0.29, 0.717) is 31.5 Å². The van der Waals surface area contributed by atoms with Gasteiger partial charge in [0.15, 0.2) is 0 Å². The van der Waals surface area contributed by atoms with E-state index in [1.165, 1.54) is 4.90 Å². The van der Waals surface area contributed by atoms with Crippen LogP contribution in [0.2, 0.25) is 0 Å². The van der Waals surface area contributed by atoms with Gasteiger partial charge >= 0.3 is 5.97 Å². The third-order valence-electron chi connectivity index (χ3n) is 9.70. The first-order valence-electron chi connectivity index (χ1n) is 16.0. The third-order valence-corrected chi connectivity index (χ3v) is 9.70. The summed E-state index contributed by atoms with van der Waals surface area (Å²) in [4.78, 5) is 59.1. The van der Waals surface area contributed by atoms with Crippen molar-refractivity contribution in [2.24, 2.45) is 17.8 Å². The van der Waals surface area contributed by atoms with E-state index in [1.54, 1.807) is 17.1 Å². The predicted octanol–water partition coefficient (Wildman–Crippen LogP) is 2.92. The Morgan fingerprint density at radius 2 is 1.86 bits per heavy atom. The highest BCUT2D eigenvalue weighted by molar-refractivity contribution is 5.99. The molecule has 10 nitrogen and oxygen atoms in total. The second-order valence-electron chi connectivity index (χ2n) is 12.4. The number of fused-ring (bicyclic) bond motifs is 2. The van der Waals surface area contributed by atoms with Crippen LogP contribution >= 0.6 is 0 Å². The molecule has 4 heterocycles. The molecule has 3 amide bonds. The Labute approximate surface area is 259 Å². The number of ether oxygens (including phenoxy) is 2. The molecule has 10 heteroatoms.